The van der Waals surface area contributed by atoms with E-state index in [2.05, 4.69) is 17.0 Å². The average molecular weight is 147 g/mol. The molecule has 4 heteroatoms. The van der Waals surface area contributed by atoms with E-state index in [0.717, 1.165) is 6.08 Å². The van der Waals surface area contributed by atoms with E-state index >= 15 is 0 Å². The van der Waals surface area contributed by atoms with Crippen molar-refractivity contribution in [1.29, 1.82) is 0 Å². The zero-order valence-corrected chi connectivity index (χ0v) is 6.04. The fraction of sp³-hybridized carbons (Fsp3) is 0.500. The monoisotopic (exact) mass is 147 g/mol. The van der Waals surface area contributed by atoms with Gasteiger partial charge in [-0.15, -0.1) is 0 Å². The molecule has 0 fully saturated rings. The fourth-order valence-corrected chi connectivity index (χ4v) is 0.0913. The van der Waals surface area contributed by atoms with Gasteiger partial charge in [0.15, 0.2) is 0 Å². The Kier molecular flexibility index (Phi) is 13.1. The molecule has 10 heavy (non-hydrogen) atoms. The van der Waals surface area contributed by atoms with Crippen molar-refractivity contribution in [3.8, 4) is 0 Å². The number of nitrogens with two attached hydrogens (primary N) is 1. The van der Waals surface area contributed by atoms with Gasteiger partial charge >= 0.3 is 0 Å². The summed E-state index contributed by atoms with van der Waals surface area (Å²) in [6.45, 7) is 5.35. The first-order valence-corrected chi connectivity index (χ1v) is 2.79. The molecule has 60 valence electrons. The van der Waals surface area contributed by atoms with Gasteiger partial charge in [0, 0.05) is 6.61 Å². The molecule has 0 saturated heterocycles. The Morgan fingerprint density at radius 1 is 1.90 bits per heavy atom. The molecule has 0 atom stereocenters. The summed E-state index contributed by atoms with van der Waals surface area (Å²) in [7, 11) is 0. The first-order valence-electron chi connectivity index (χ1n) is 2.79. The van der Waals surface area contributed by atoms with Crippen LogP contribution in [0.1, 0.15) is 6.92 Å². The highest BCUT2D eigenvalue weighted by molar-refractivity contribution is 5.84. The van der Waals surface area contributed by atoms with Crippen LogP contribution < -0.4 is 5.73 Å². The zero-order valence-electron chi connectivity index (χ0n) is 6.04. The third-order valence-electron chi connectivity index (χ3n) is 0.497. The Hall–Kier alpha value is -0.870. The lowest BCUT2D eigenvalue weighted by atomic mass is 10.6. The third kappa shape index (κ3) is 27.3. The second-order valence-electron chi connectivity index (χ2n) is 1.23. The lowest BCUT2D eigenvalue weighted by Crippen LogP contribution is -2.04. The number of carbonyl (C=O) groups excluding carboxylic acids is 1. The minimum absolute atomic E-state index is 0.156. The molecular formula is C6H13NO3. The molecule has 0 aliphatic heterocycles. The number of carbonyl (C=O) groups is 1. The molecule has 0 aromatic heterocycles. The molecule has 3 N–H and O–H groups in total. The van der Waals surface area contributed by atoms with E-state index in [-0.39, 0.29) is 6.79 Å². The topological polar surface area (TPSA) is 72.6 Å². The van der Waals surface area contributed by atoms with Crippen molar-refractivity contribution < 1.29 is 14.6 Å². The normalized spacial score (nSPS) is 7.40. The second-order valence-corrected chi connectivity index (χ2v) is 1.23. The highest BCUT2D eigenvalue weighted by Gasteiger charge is 1.69. The third-order valence-corrected chi connectivity index (χ3v) is 0.497. The number of amides is 1. The first kappa shape index (κ1) is 11.9. The maximum atomic E-state index is 9.47. The highest BCUT2D eigenvalue weighted by atomic mass is 16.6. The van der Waals surface area contributed by atoms with Crippen molar-refractivity contribution in [2.24, 2.45) is 5.73 Å². The molecule has 1 amide bonds. The van der Waals surface area contributed by atoms with Crippen LogP contribution in [-0.4, -0.2) is 24.4 Å². The number of aliphatic hydroxyl groups excluding tert-OH is 1. The number of rotatable bonds is 3. The van der Waals surface area contributed by atoms with Crippen molar-refractivity contribution in [3.63, 3.8) is 0 Å². The van der Waals surface area contributed by atoms with Crippen molar-refractivity contribution in [3.05, 3.63) is 12.7 Å². The summed E-state index contributed by atoms with van der Waals surface area (Å²) in [5.74, 6) is -0.481. The fourth-order valence-electron chi connectivity index (χ4n) is 0.0913. The largest absolute Gasteiger partial charge is 0.371 e. The van der Waals surface area contributed by atoms with Gasteiger partial charge in [0.25, 0.3) is 0 Å². The maximum Gasteiger partial charge on any atom is 0.240 e. The predicted molar refractivity (Wildman–Crippen MR) is 38.1 cm³/mol. The van der Waals surface area contributed by atoms with Gasteiger partial charge in [-0.25, -0.2) is 0 Å². The van der Waals surface area contributed by atoms with Gasteiger partial charge in [-0.05, 0) is 13.0 Å². The number of ether oxygens (including phenoxy) is 1. The molecular weight excluding hydrogens is 134 g/mol. The van der Waals surface area contributed by atoms with Crippen molar-refractivity contribution in [2.45, 2.75) is 6.92 Å². The SMILES string of the molecule is C=CC(N)=O.CCOCO. The van der Waals surface area contributed by atoms with Crippen LogP contribution in [0.5, 0.6) is 0 Å². The number of primary amides is 1. The van der Waals surface area contributed by atoms with Crippen LogP contribution in [-0.2, 0) is 9.53 Å². The van der Waals surface area contributed by atoms with Crippen LogP contribution in [0.25, 0.3) is 0 Å². The lowest BCUT2D eigenvalue weighted by Gasteiger charge is -1.85. The van der Waals surface area contributed by atoms with E-state index in [0.29, 0.717) is 6.61 Å². The van der Waals surface area contributed by atoms with Gasteiger partial charge in [0.2, 0.25) is 5.91 Å². The smallest absolute Gasteiger partial charge is 0.240 e. The average Bonchev–Trinajstić information content (AvgIpc) is 1.91. The lowest BCUT2D eigenvalue weighted by molar-refractivity contribution is -0.113. The predicted octanol–water partition coefficient (Wildman–Crippen LogP) is -0.370. The Morgan fingerprint density at radius 3 is 2.30 bits per heavy atom. The number of hydrogen-bond acceptors (Lipinski definition) is 3. The van der Waals surface area contributed by atoms with Crippen molar-refractivity contribution in [2.75, 3.05) is 13.4 Å². The van der Waals surface area contributed by atoms with E-state index in [1.807, 2.05) is 6.92 Å². The maximum absolute atomic E-state index is 9.47. The Morgan fingerprint density at radius 2 is 2.30 bits per heavy atom. The van der Waals surface area contributed by atoms with Crippen molar-refractivity contribution in [1.82, 2.24) is 0 Å². The molecule has 0 aromatic carbocycles. The Bertz CT molecular complexity index is 91.0. The summed E-state index contributed by atoms with van der Waals surface area (Å²) < 4.78 is 4.39. The Balaban J connectivity index is 0. The van der Waals surface area contributed by atoms with E-state index in [4.69, 9.17) is 5.11 Å². The van der Waals surface area contributed by atoms with Crippen LogP contribution in [0.3, 0.4) is 0 Å². The molecule has 0 heterocycles. The highest BCUT2D eigenvalue weighted by Crippen LogP contribution is 1.61. The van der Waals surface area contributed by atoms with Gasteiger partial charge in [0.05, 0.1) is 0 Å². The summed E-state index contributed by atoms with van der Waals surface area (Å²) >= 11 is 0. The van der Waals surface area contributed by atoms with E-state index in [1.54, 1.807) is 0 Å². The van der Waals surface area contributed by atoms with Crippen LogP contribution in [0.2, 0.25) is 0 Å². The molecule has 0 radical (unpaired) electrons. The van der Waals surface area contributed by atoms with Crippen LogP contribution in [0.15, 0.2) is 12.7 Å². The molecule has 0 aromatic rings. The van der Waals surface area contributed by atoms with Gasteiger partial charge in [-0.3, -0.25) is 4.79 Å². The van der Waals surface area contributed by atoms with Gasteiger partial charge < -0.3 is 15.6 Å². The minimum atomic E-state index is -0.481. The Labute approximate surface area is 60.3 Å². The van der Waals surface area contributed by atoms with Gasteiger partial charge in [0.1, 0.15) is 6.79 Å². The standard InChI is InChI=1S/C3H5NO.C3H8O2/c1-2-3(4)5;1-2-5-3-4/h2H,1H2,(H2,4,5);4H,2-3H2,1H3. The molecule has 0 unspecified atom stereocenters. The van der Waals surface area contributed by atoms with Gasteiger partial charge in [-0.2, -0.15) is 0 Å². The molecule has 0 spiro atoms. The quantitative estimate of drug-likeness (QED) is 0.422. The molecule has 4 nitrogen and oxygen atoms in total. The van der Waals surface area contributed by atoms with E-state index in [9.17, 15) is 4.79 Å². The zero-order chi connectivity index (χ0) is 8.41. The van der Waals surface area contributed by atoms with Gasteiger partial charge in [-0.1, -0.05) is 6.58 Å². The molecule has 0 aliphatic carbocycles. The summed E-state index contributed by atoms with van der Waals surface area (Å²) in [6, 6.07) is 0. The minimum Gasteiger partial charge on any atom is -0.371 e. The summed E-state index contributed by atoms with van der Waals surface area (Å²) in [5, 5.41) is 7.84. The summed E-state index contributed by atoms with van der Waals surface area (Å²) in [6.07, 6.45) is 1.06. The van der Waals surface area contributed by atoms with Crippen LogP contribution >= 0.6 is 0 Å². The second kappa shape index (κ2) is 11.0. The molecule has 0 bridgehead atoms. The van der Waals surface area contributed by atoms with E-state index in [1.165, 1.54) is 0 Å². The molecule has 0 rings (SSSR count). The summed E-state index contributed by atoms with van der Waals surface area (Å²) in [4.78, 5) is 9.47. The van der Waals surface area contributed by atoms with Crippen LogP contribution in [0.4, 0.5) is 0 Å². The first-order chi connectivity index (χ1) is 4.68. The summed E-state index contributed by atoms with van der Waals surface area (Å²) in [5.41, 5.74) is 4.53. The number of hydrogen-bond donors (Lipinski definition) is 2. The number of aliphatic hydroxyl groups is 1. The van der Waals surface area contributed by atoms with Crippen molar-refractivity contribution >= 4 is 5.91 Å². The molecule has 0 saturated carbocycles. The van der Waals surface area contributed by atoms with Crippen LogP contribution in [0, 0.1) is 0 Å². The van der Waals surface area contributed by atoms with E-state index < -0.39 is 5.91 Å². The molecule has 0 aliphatic rings.